The van der Waals surface area contributed by atoms with Gasteiger partial charge in [-0.3, -0.25) is 19.1 Å². The molecule has 19 heavy (non-hydrogen) atoms. The minimum Gasteiger partial charge on any atom is -0.283 e. The molecule has 0 atom stereocenters. The zero-order valence-corrected chi connectivity index (χ0v) is 9.70. The van der Waals surface area contributed by atoms with E-state index in [9.17, 15) is 9.59 Å². The standard InChI is InChI=1S/C14H7N3O2/c18-12-11-8(4-3-7-15-11)14(19)17-10-6-2-1-5-9(10)16-13(12)17/h1-7H. The fourth-order valence-corrected chi connectivity index (χ4v) is 2.37. The van der Waals surface area contributed by atoms with Gasteiger partial charge in [-0.05, 0) is 24.3 Å². The first-order valence-electron chi connectivity index (χ1n) is 5.79. The smallest absolute Gasteiger partial charge is 0.266 e. The van der Waals surface area contributed by atoms with E-state index in [4.69, 9.17) is 0 Å². The summed E-state index contributed by atoms with van der Waals surface area (Å²) in [6.45, 7) is 0. The molecule has 3 aromatic rings. The van der Waals surface area contributed by atoms with E-state index < -0.39 is 0 Å². The lowest BCUT2D eigenvalue weighted by Gasteiger charge is -2.14. The topological polar surface area (TPSA) is 64.8 Å². The molecule has 0 saturated carbocycles. The summed E-state index contributed by atoms with van der Waals surface area (Å²) in [7, 11) is 0. The molecule has 1 aliphatic heterocycles. The van der Waals surface area contributed by atoms with Crippen molar-refractivity contribution in [3.8, 4) is 0 Å². The van der Waals surface area contributed by atoms with Crippen LogP contribution in [0.1, 0.15) is 26.7 Å². The predicted octanol–water partition coefficient (Wildman–Crippen LogP) is 1.66. The van der Waals surface area contributed by atoms with Gasteiger partial charge >= 0.3 is 0 Å². The normalized spacial score (nSPS) is 13.5. The van der Waals surface area contributed by atoms with Gasteiger partial charge in [-0.25, -0.2) is 4.98 Å². The third-order valence-corrected chi connectivity index (χ3v) is 3.22. The van der Waals surface area contributed by atoms with Crippen LogP contribution in [0.2, 0.25) is 0 Å². The van der Waals surface area contributed by atoms with E-state index in [-0.39, 0.29) is 23.2 Å². The number of para-hydroxylation sites is 2. The molecule has 0 radical (unpaired) electrons. The minimum atomic E-state index is -0.314. The Morgan fingerprint density at radius 2 is 1.84 bits per heavy atom. The number of hydrogen-bond acceptors (Lipinski definition) is 4. The molecule has 90 valence electrons. The molecule has 4 rings (SSSR count). The van der Waals surface area contributed by atoms with Crippen molar-refractivity contribution in [2.45, 2.75) is 0 Å². The first-order chi connectivity index (χ1) is 9.27. The fourth-order valence-electron chi connectivity index (χ4n) is 2.37. The Balaban J connectivity index is 2.14. The van der Waals surface area contributed by atoms with Gasteiger partial charge in [0, 0.05) is 6.20 Å². The second-order valence-electron chi connectivity index (χ2n) is 4.29. The number of carbonyl (C=O) groups is 2. The molecular formula is C14H7N3O2. The van der Waals surface area contributed by atoms with E-state index in [0.29, 0.717) is 16.6 Å². The van der Waals surface area contributed by atoms with E-state index in [2.05, 4.69) is 9.97 Å². The average Bonchev–Trinajstić information content (AvgIpc) is 2.84. The average molecular weight is 249 g/mol. The first-order valence-corrected chi connectivity index (χ1v) is 5.79. The maximum atomic E-state index is 12.5. The van der Waals surface area contributed by atoms with E-state index >= 15 is 0 Å². The van der Waals surface area contributed by atoms with Crippen LogP contribution in [0.3, 0.4) is 0 Å². The van der Waals surface area contributed by atoms with E-state index in [1.807, 2.05) is 12.1 Å². The van der Waals surface area contributed by atoms with Gasteiger partial charge in [-0.15, -0.1) is 0 Å². The Morgan fingerprint density at radius 1 is 1.00 bits per heavy atom. The number of hydrogen-bond donors (Lipinski definition) is 0. The summed E-state index contributed by atoms with van der Waals surface area (Å²) in [5, 5.41) is 0. The van der Waals surface area contributed by atoms with Gasteiger partial charge in [0.1, 0.15) is 5.69 Å². The SMILES string of the molecule is O=C1c2ncccc2C(=O)n2c1nc1ccccc12. The highest BCUT2D eigenvalue weighted by Crippen LogP contribution is 2.25. The van der Waals surface area contributed by atoms with Crippen molar-refractivity contribution in [1.29, 1.82) is 0 Å². The number of rotatable bonds is 0. The second kappa shape index (κ2) is 3.35. The maximum Gasteiger partial charge on any atom is 0.266 e. The molecule has 0 bridgehead atoms. The molecule has 0 amide bonds. The van der Waals surface area contributed by atoms with Gasteiger partial charge in [0.15, 0.2) is 5.82 Å². The van der Waals surface area contributed by atoms with Crippen molar-refractivity contribution >= 4 is 22.7 Å². The number of fused-ring (bicyclic) bond motifs is 4. The summed E-state index contributed by atoms with van der Waals surface area (Å²) in [4.78, 5) is 33.0. The Morgan fingerprint density at radius 3 is 2.74 bits per heavy atom. The van der Waals surface area contributed by atoms with Crippen LogP contribution in [0.5, 0.6) is 0 Å². The van der Waals surface area contributed by atoms with Gasteiger partial charge in [0.25, 0.3) is 5.91 Å². The highest BCUT2D eigenvalue weighted by molar-refractivity contribution is 6.21. The van der Waals surface area contributed by atoms with Crippen molar-refractivity contribution in [2.75, 3.05) is 0 Å². The molecule has 0 unspecified atom stereocenters. The molecule has 0 aliphatic carbocycles. The molecule has 0 N–H and O–H groups in total. The summed E-state index contributed by atoms with van der Waals surface area (Å²) in [5.41, 5.74) is 1.77. The van der Waals surface area contributed by atoms with Gasteiger partial charge < -0.3 is 0 Å². The van der Waals surface area contributed by atoms with Crippen molar-refractivity contribution in [1.82, 2.24) is 14.5 Å². The van der Waals surface area contributed by atoms with Crippen LogP contribution in [0.15, 0.2) is 42.6 Å². The van der Waals surface area contributed by atoms with E-state index in [0.717, 1.165) is 0 Å². The highest BCUT2D eigenvalue weighted by Gasteiger charge is 2.33. The summed E-state index contributed by atoms with van der Waals surface area (Å²) in [6.07, 6.45) is 1.50. The van der Waals surface area contributed by atoms with Crippen molar-refractivity contribution in [3.05, 3.63) is 59.7 Å². The molecule has 5 heteroatoms. The van der Waals surface area contributed by atoms with Crippen LogP contribution in [0, 0.1) is 0 Å². The molecule has 1 aromatic carbocycles. The zero-order valence-electron chi connectivity index (χ0n) is 9.70. The number of carbonyl (C=O) groups excluding carboxylic acids is 2. The van der Waals surface area contributed by atoms with Gasteiger partial charge in [-0.2, -0.15) is 0 Å². The predicted molar refractivity (Wildman–Crippen MR) is 67.1 cm³/mol. The molecular weight excluding hydrogens is 242 g/mol. The van der Waals surface area contributed by atoms with Crippen molar-refractivity contribution < 1.29 is 9.59 Å². The lowest BCUT2D eigenvalue weighted by Crippen LogP contribution is -2.28. The Bertz CT molecular complexity index is 864. The molecule has 2 aromatic heterocycles. The Hall–Kier alpha value is -2.82. The third-order valence-electron chi connectivity index (χ3n) is 3.22. The highest BCUT2D eigenvalue weighted by atomic mass is 16.2. The lowest BCUT2D eigenvalue weighted by atomic mass is 10.1. The van der Waals surface area contributed by atoms with Gasteiger partial charge in [-0.1, -0.05) is 12.1 Å². The van der Waals surface area contributed by atoms with Gasteiger partial charge in [0.2, 0.25) is 5.78 Å². The molecule has 5 nitrogen and oxygen atoms in total. The summed E-state index contributed by atoms with van der Waals surface area (Å²) < 4.78 is 1.36. The minimum absolute atomic E-state index is 0.136. The summed E-state index contributed by atoms with van der Waals surface area (Å²) in [5.74, 6) is -0.435. The number of imidazole rings is 1. The Labute approximate surface area is 107 Å². The quantitative estimate of drug-likeness (QED) is 0.475. The third kappa shape index (κ3) is 1.18. The number of ketones is 1. The molecule has 0 fully saturated rings. The number of benzene rings is 1. The van der Waals surface area contributed by atoms with Crippen LogP contribution in [-0.2, 0) is 0 Å². The van der Waals surface area contributed by atoms with Crippen molar-refractivity contribution in [3.63, 3.8) is 0 Å². The summed E-state index contributed by atoms with van der Waals surface area (Å²) in [6, 6.07) is 10.4. The van der Waals surface area contributed by atoms with Crippen LogP contribution < -0.4 is 0 Å². The monoisotopic (exact) mass is 249 g/mol. The molecule has 1 aliphatic rings. The maximum absolute atomic E-state index is 12.5. The fraction of sp³-hybridized carbons (Fsp3) is 0. The summed E-state index contributed by atoms with van der Waals surface area (Å²) >= 11 is 0. The molecule has 0 saturated heterocycles. The number of nitrogens with zero attached hydrogens (tertiary/aromatic N) is 3. The van der Waals surface area contributed by atoms with Crippen LogP contribution in [0.4, 0.5) is 0 Å². The van der Waals surface area contributed by atoms with Gasteiger partial charge in [0.05, 0.1) is 16.6 Å². The molecule has 0 spiro atoms. The van der Waals surface area contributed by atoms with E-state index in [1.165, 1.54) is 10.8 Å². The molecule has 3 heterocycles. The Kier molecular flexibility index (Phi) is 1.79. The first kappa shape index (κ1) is 10.1. The van der Waals surface area contributed by atoms with Crippen LogP contribution in [0.25, 0.3) is 11.0 Å². The lowest BCUT2D eigenvalue weighted by molar-refractivity contribution is 0.0908. The largest absolute Gasteiger partial charge is 0.283 e. The number of aromatic nitrogens is 3. The van der Waals surface area contributed by atoms with Crippen LogP contribution in [-0.4, -0.2) is 26.2 Å². The number of pyridine rings is 1. The van der Waals surface area contributed by atoms with Crippen molar-refractivity contribution in [2.24, 2.45) is 0 Å². The van der Waals surface area contributed by atoms with Crippen LogP contribution >= 0.6 is 0 Å². The second-order valence-corrected chi connectivity index (χ2v) is 4.29. The zero-order chi connectivity index (χ0) is 13.0. The van der Waals surface area contributed by atoms with E-state index in [1.54, 1.807) is 24.3 Å².